The molecule has 0 unspecified atom stereocenters. The minimum Gasteiger partial charge on any atom is -0.497 e. The van der Waals surface area contributed by atoms with E-state index in [9.17, 15) is 4.79 Å². The zero-order valence-corrected chi connectivity index (χ0v) is 15.5. The Labute approximate surface area is 159 Å². The lowest BCUT2D eigenvalue weighted by molar-refractivity contribution is -0.115. The highest BCUT2D eigenvalue weighted by atomic mass is 35.5. The Morgan fingerprint density at radius 2 is 1.92 bits per heavy atom. The van der Waals surface area contributed by atoms with E-state index in [0.717, 1.165) is 11.4 Å². The molecule has 0 radical (unpaired) electrons. The van der Waals surface area contributed by atoms with Crippen LogP contribution in [0.3, 0.4) is 0 Å². The Bertz CT molecular complexity index is 868. The molecule has 2 aromatic carbocycles. The monoisotopic (exact) mass is 389 g/mol. The van der Waals surface area contributed by atoms with Crippen LogP contribution in [0.4, 0.5) is 5.69 Å². The maximum Gasteiger partial charge on any atom is 0.225 e. The van der Waals surface area contributed by atoms with Crippen molar-refractivity contribution in [3.8, 4) is 11.4 Å². The summed E-state index contributed by atoms with van der Waals surface area (Å²) < 4.78 is 6.77. The van der Waals surface area contributed by atoms with Gasteiger partial charge in [-0.1, -0.05) is 23.4 Å². The summed E-state index contributed by atoms with van der Waals surface area (Å²) in [5.41, 5.74) is 1.54. The van der Waals surface area contributed by atoms with E-state index < -0.39 is 0 Å². The van der Waals surface area contributed by atoms with Gasteiger partial charge in [-0.05, 0) is 59.0 Å². The number of nitrogens with zero attached hydrogens (tertiary/aromatic N) is 4. The minimum atomic E-state index is -0.0803. The number of rotatable bonds is 7. The van der Waals surface area contributed by atoms with Crippen molar-refractivity contribution < 1.29 is 9.53 Å². The second kappa shape index (κ2) is 8.68. The molecule has 0 saturated heterocycles. The molecule has 1 aromatic heterocycles. The molecule has 1 amide bonds. The first kappa shape index (κ1) is 18.2. The fraction of sp³-hybridized carbons (Fsp3) is 0.176. The number of carbonyl (C=O) groups is 1. The van der Waals surface area contributed by atoms with Crippen molar-refractivity contribution in [3.63, 3.8) is 0 Å². The number of methoxy groups -OCH3 is 1. The number of benzene rings is 2. The molecule has 0 aliphatic rings. The Balaban J connectivity index is 1.54. The van der Waals surface area contributed by atoms with Crippen LogP contribution in [0.25, 0.3) is 5.69 Å². The number of nitrogens with one attached hydrogen (secondary N) is 1. The summed E-state index contributed by atoms with van der Waals surface area (Å²) in [5, 5.41) is 15.8. The van der Waals surface area contributed by atoms with E-state index in [1.54, 1.807) is 36.1 Å². The molecule has 0 aliphatic heterocycles. The number of halogens is 1. The van der Waals surface area contributed by atoms with Crippen LogP contribution >= 0.6 is 23.4 Å². The van der Waals surface area contributed by atoms with E-state index in [1.165, 1.54) is 11.8 Å². The van der Waals surface area contributed by atoms with Gasteiger partial charge in [-0.3, -0.25) is 4.79 Å². The van der Waals surface area contributed by atoms with Gasteiger partial charge in [-0.25, -0.2) is 0 Å². The summed E-state index contributed by atoms with van der Waals surface area (Å²) in [7, 11) is 1.61. The molecular formula is C17H16ClN5O2S. The summed E-state index contributed by atoms with van der Waals surface area (Å²) in [6.07, 6.45) is 0.336. The third kappa shape index (κ3) is 4.74. The molecule has 1 N–H and O–H groups in total. The summed E-state index contributed by atoms with van der Waals surface area (Å²) >= 11 is 7.24. The first-order valence-corrected chi connectivity index (χ1v) is 9.13. The topological polar surface area (TPSA) is 81.9 Å². The van der Waals surface area contributed by atoms with Crippen LogP contribution in [0.2, 0.25) is 5.02 Å². The molecule has 134 valence electrons. The van der Waals surface area contributed by atoms with Crippen molar-refractivity contribution in [2.75, 3.05) is 18.2 Å². The molecule has 3 aromatic rings. The SMILES string of the molecule is COc1ccc(-n2nnnc2SCCC(=O)Nc2ccc(Cl)cc2)cc1. The molecule has 1 heterocycles. The number of hydrogen-bond acceptors (Lipinski definition) is 6. The molecule has 9 heteroatoms. The van der Waals surface area contributed by atoms with Gasteiger partial charge in [0.25, 0.3) is 0 Å². The fourth-order valence-corrected chi connectivity index (χ4v) is 3.10. The highest BCUT2D eigenvalue weighted by Gasteiger charge is 2.10. The van der Waals surface area contributed by atoms with E-state index in [2.05, 4.69) is 20.8 Å². The average molecular weight is 390 g/mol. The van der Waals surface area contributed by atoms with Crippen LogP contribution in [0, 0.1) is 0 Å². The van der Waals surface area contributed by atoms with Gasteiger partial charge >= 0.3 is 0 Å². The maximum absolute atomic E-state index is 12.0. The van der Waals surface area contributed by atoms with E-state index >= 15 is 0 Å². The Hall–Kier alpha value is -2.58. The van der Waals surface area contributed by atoms with E-state index in [1.807, 2.05) is 24.3 Å². The molecule has 7 nitrogen and oxygen atoms in total. The summed E-state index contributed by atoms with van der Waals surface area (Å²) in [5.74, 6) is 1.23. The van der Waals surface area contributed by atoms with Crippen LogP contribution in [0.5, 0.6) is 5.75 Å². The predicted molar refractivity (Wildman–Crippen MR) is 101 cm³/mol. The highest BCUT2D eigenvalue weighted by Crippen LogP contribution is 2.21. The second-order valence-corrected chi connectivity index (χ2v) is 6.72. The van der Waals surface area contributed by atoms with Crippen LogP contribution in [-0.4, -0.2) is 39.0 Å². The average Bonchev–Trinajstić information content (AvgIpc) is 3.12. The largest absolute Gasteiger partial charge is 0.497 e. The van der Waals surface area contributed by atoms with Crippen molar-refractivity contribution in [2.45, 2.75) is 11.6 Å². The third-order valence-electron chi connectivity index (χ3n) is 3.45. The number of aromatic nitrogens is 4. The molecule has 0 bridgehead atoms. The number of thioether (sulfide) groups is 1. The van der Waals surface area contributed by atoms with Gasteiger partial charge in [0.1, 0.15) is 5.75 Å². The number of amides is 1. The lowest BCUT2D eigenvalue weighted by Crippen LogP contribution is -2.12. The van der Waals surface area contributed by atoms with Gasteiger partial charge in [-0.2, -0.15) is 4.68 Å². The molecule has 0 fully saturated rings. The standard InChI is InChI=1S/C17H16ClN5O2S/c1-25-15-8-6-14(7-9-15)23-17(20-21-22-23)26-11-10-16(24)19-13-4-2-12(18)3-5-13/h2-9H,10-11H2,1H3,(H,19,24). The van der Waals surface area contributed by atoms with Gasteiger partial charge in [-0.15, -0.1) is 5.10 Å². The zero-order chi connectivity index (χ0) is 18.4. The first-order valence-electron chi connectivity index (χ1n) is 7.77. The molecule has 0 spiro atoms. The zero-order valence-electron chi connectivity index (χ0n) is 13.9. The molecule has 0 saturated carbocycles. The van der Waals surface area contributed by atoms with Crippen molar-refractivity contribution in [2.24, 2.45) is 0 Å². The van der Waals surface area contributed by atoms with Gasteiger partial charge in [0.05, 0.1) is 12.8 Å². The van der Waals surface area contributed by atoms with Crippen LogP contribution in [0.1, 0.15) is 6.42 Å². The maximum atomic E-state index is 12.0. The second-order valence-electron chi connectivity index (χ2n) is 5.22. The van der Waals surface area contributed by atoms with Gasteiger partial charge in [0.2, 0.25) is 11.1 Å². The summed E-state index contributed by atoms with van der Waals surface area (Å²) in [6, 6.07) is 14.4. The van der Waals surface area contributed by atoms with Crippen molar-refractivity contribution in [1.82, 2.24) is 20.2 Å². The van der Waals surface area contributed by atoms with Crippen molar-refractivity contribution >= 4 is 35.0 Å². The van der Waals surface area contributed by atoms with Gasteiger partial charge in [0, 0.05) is 22.9 Å². The molecule has 0 aliphatic carbocycles. The Morgan fingerprint density at radius 1 is 1.19 bits per heavy atom. The molecule has 26 heavy (non-hydrogen) atoms. The minimum absolute atomic E-state index is 0.0803. The quantitative estimate of drug-likeness (QED) is 0.623. The lowest BCUT2D eigenvalue weighted by Gasteiger charge is -2.06. The Morgan fingerprint density at radius 3 is 2.62 bits per heavy atom. The predicted octanol–water partition coefficient (Wildman–Crippen LogP) is 3.45. The third-order valence-corrected chi connectivity index (χ3v) is 4.62. The first-order chi connectivity index (χ1) is 12.7. The number of ether oxygens (including phenoxy) is 1. The van der Waals surface area contributed by atoms with Crippen molar-refractivity contribution in [1.29, 1.82) is 0 Å². The number of carbonyl (C=O) groups excluding carboxylic acids is 1. The summed E-state index contributed by atoms with van der Waals surface area (Å²) in [4.78, 5) is 12.0. The van der Waals surface area contributed by atoms with Crippen LogP contribution in [0.15, 0.2) is 53.7 Å². The van der Waals surface area contributed by atoms with E-state index in [0.29, 0.717) is 28.0 Å². The Kier molecular flexibility index (Phi) is 6.08. The van der Waals surface area contributed by atoms with Crippen LogP contribution < -0.4 is 10.1 Å². The summed E-state index contributed by atoms with van der Waals surface area (Å²) in [6.45, 7) is 0. The lowest BCUT2D eigenvalue weighted by atomic mass is 10.3. The van der Waals surface area contributed by atoms with Crippen molar-refractivity contribution in [3.05, 3.63) is 53.6 Å². The molecular weight excluding hydrogens is 374 g/mol. The fourth-order valence-electron chi connectivity index (χ4n) is 2.15. The smallest absolute Gasteiger partial charge is 0.225 e. The molecule has 3 rings (SSSR count). The number of anilines is 1. The number of tetrazole rings is 1. The normalized spacial score (nSPS) is 10.5. The van der Waals surface area contributed by atoms with Gasteiger partial charge < -0.3 is 10.1 Å². The number of hydrogen-bond donors (Lipinski definition) is 1. The highest BCUT2D eigenvalue weighted by molar-refractivity contribution is 7.99. The van der Waals surface area contributed by atoms with Gasteiger partial charge in [0.15, 0.2) is 0 Å². The van der Waals surface area contributed by atoms with Crippen LogP contribution in [-0.2, 0) is 4.79 Å². The van der Waals surface area contributed by atoms with E-state index in [-0.39, 0.29) is 5.91 Å². The van der Waals surface area contributed by atoms with E-state index in [4.69, 9.17) is 16.3 Å². The molecule has 0 atom stereocenters.